The minimum absolute atomic E-state index is 0.0792. The molecule has 0 spiro atoms. The first-order valence-corrected chi connectivity index (χ1v) is 10.4. The first-order chi connectivity index (χ1) is 12.5. The van der Waals surface area contributed by atoms with Crippen LogP contribution in [-0.4, -0.2) is 28.9 Å². The van der Waals surface area contributed by atoms with Gasteiger partial charge in [0.1, 0.15) is 0 Å². The molecular formula is C20H21NO3S2. The van der Waals surface area contributed by atoms with E-state index >= 15 is 0 Å². The molecule has 3 atom stereocenters. The Hall–Kier alpha value is -1.60. The Morgan fingerprint density at radius 2 is 2.15 bits per heavy atom. The van der Waals surface area contributed by atoms with Gasteiger partial charge in [-0.15, -0.1) is 11.3 Å². The molecule has 0 amide bonds. The highest BCUT2D eigenvalue weighted by Gasteiger charge is 2.31. The number of aromatic nitrogens is 1. The third-order valence-corrected chi connectivity index (χ3v) is 7.32. The number of aromatic amines is 1. The fourth-order valence-corrected chi connectivity index (χ4v) is 5.62. The van der Waals surface area contributed by atoms with E-state index in [0.717, 1.165) is 17.3 Å². The summed E-state index contributed by atoms with van der Waals surface area (Å²) in [6.07, 6.45) is 0.291. The summed E-state index contributed by atoms with van der Waals surface area (Å²) in [7, 11) is 0. The summed E-state index contributed by atoms with van der Waals surface area (Å²) >= 11 is 3.44. The lowest BCUT2D eigenvalue weighted by Crippen LogP contribution is -2.37. The van der Waals surface area contributed by atoms with E-state index in [1.165, 1.54) is 20.2 Å². The van der Waals surface area contributed by atoms with Crippen molar-refractivity contribution in [3.8, 4) is 0 Å². The maximum Gasteiger partial charge on any atom is 0.248 e. The van der Waals surface area contributed by atoms with Gasteiger partial charge in [0.15, 0.2) is 0 Å². The zero-order chi connectivity index (χ0) is 18.3. The highest BCUT2D eigenvalue weighted by molar-refractivity contribution is 8.01. The van der Waals surface area contributed by atoms with Crippen molar-refractivity contribution in [1.29, 1.82) is 0 Å². The summed E-state index contributed by atoms with van der Waals surface area (Å²) in [6, 6.07) is 9.67. The number of aryl methyl sites for hydroxylation is 1. The van der Waals surface area contributed by atoms with Gasteiger partial charge in [0, 0.05) is 34.4 Å². The maximum atomic E-state index is 11.5. The number of aliphatic hydroxyl groups is 1. The molecule has 2 N–H and O–H groups in total. The number of fused-ring (bicyclic) bond motifs is 1. The van der Waals surface area contributed by atoms with Crippen LogP contribution < -0.4 is 5.56 Å². The summed E-state index contributed by atoms with van der Waals surface area (Å²) in [5.74, 6) is 0.145. The molecule has 4 nitrogen and oxygen atoms in total. The van der Waals surface area contributed by atoms with Gasteiger partial charge in [-0.1, -0.05) is 11.8 Å². The average molecular weight is 388 g/mol. The van der Waals surface area contributed by atoms with Crippen molar-refractivity contribution in [2.24, 2.45) is 0 Å². The van der Waals surface area contributed by atoms with Crippen LogP contribution in [0.4, 0.5) is 0 Å². The number of H-pyrrole nitrogens is 1. The predicted molar refractivity (Wildman–Crippen MR) is 107 cm³/mol. The number of thiophene rings is 1. The lowest BCUT2D eigenvalue weighted by atomic mass is 9.88. The van der Waals surface area contributed by atoms with E-state index in [0.29, 0.717) is 6.61 Å². The molecule has 1 saturated heterocycles. The van der Waals surface area contributed by atoms with Crippen molar-refractivity contribution in [2.75, 3.05) is 6.61 Å². The van der Waals surface area contributed by atoms with Gasteiger partial charge in [0.2, 0.25) is 5.56 Å². The van der Waals surface area contributed by atoms with Gasteiger partial charge >= 0.3 is 0 Å². The first-order valence-electron chi connectivity index (χ1n) is 8.71. The zero-order valence-electron chi connectivity index (χ0n) is 14.7. The van der Waals surface area contributed by atoms with E-state index in [1.54, 1.807) is 29.2 Å². The largest absolute Gasteiger partial charge is 0.390 e. The van der Waals surface area contributed by atoms with Gasteiger partial charge in [-0.25, -0.2) is 0 Å². The molecule has 3 unspecified atom stereocenters. The molecule has 0 radical (unpaired) electrons. The monoisotopic (exact) mass is 387 g/mol. The summed E-state index contributed by atoms with van der Waals surface area (Å²) in [4.78, 5) is 15.5. The van der Waals surface area contributed by atoms with Gasteiger partial charge in [-0.3, -0.25) is 4.79 Å². The SMILES string of the molecule is Cc1c(Sc2cc(C3CCOC(C)C3O)cs2)ccc2[nH]c(=O)ccc12. The number of ether oxygens (including phenoxy) is 1. The average Bonchev–Trinajstić information content (AvgIpc) is 3.08. The highest BCUT2D eigenvalue weighted by Crippen LogP contribution is 2.40. The molecule has 3 aromatic rings. The number of hydrogen-bond donors (Lipinski definition) is 2. The van der Waals surface area contributed by atoms with Crippen molar-refractivity contribution >= 4 is 34.0 Å². The van der Waals surface area contributed by atoms with Crippen molar-refractivity contribution < 1.29 is 9.84 Å². The topological polar surface area (TPSA) is 62.3 Å². The lowest BCUT2D eigenvalue weighted by molar-refractivity contribution is -0.0761. The fourth-order valence-electron chi connectivity index (χ4n) is 3.50. The number of benzene rings is 1. The van der Waals surface area contributed by atoms with Gasteiger partial charge in [0.05, 0.1) is 16.4 Å². The number of pyridine rings is 1. The molecule has 136 valence electrons. The molecule has 0 saturated carbocycles. The second-order valence-corrected chi connectivity index (χ2v) is 8.99. The van der Waals surface area contributed by atoms with E-state index in [2.05, 4.69) is 29.4 Å². The molecule has 3 heterocycles. The second-order valence-electron chi connectivity index (χ2n) is 6.74. The van der Waals surface area contributed by atoms with Crippen LogP contribution >= 0.6 is 23.1 Å². The van der Waals surface area contributed by atoms with Crippen LogP contribution in [0.3, 0.4) is 0 Å². The smallest absolute Gasteiger partial charge is 0.248 e. The second kappa shape index (κ2) is 7.19. The van der Waals surface area contributed by atoms with E-state index in [9.17, 15) is 9.90 Å². The van der Waals surface area contributed by atoms with Crippen molar-refractivity contribution in [3.63, 3.8) is 0 Å². The Balaban J connectivity index is 1.59. The molecule has 1 aliphatic rings. The van der Waals surface area contributed by atoms with E-state index in [1.807, 2.05) is 19.1 Å². The van der Waals surface area contributed by atoms with Crippen LogP contribution in [0.2, 0.25) is 0 Å². The van der Waals surface area contributed by atoms with Crippen molar-refractivity contribution in [1.82, 2.24) is 4.98 Å². The quantitative estimate of drug-likeness (QED) is 0.703. The summed E-state index contributed by atoms with van der Waals surface area (Å²) in [5.41, 5.74) is 3.15. The van der Waals surface area contributed by atoms with E-state index in [4.69, 9.17) is 4.74 Å². The maximum absolute atomic E-state index is 11.5. The molecule has 6 heteroatoms. The van der Waals surface area contributed by atoms with Gasteiger partial charge < -0.3 is 14.8 Å². The molecule has 1 aliphatic heterocycles. The van der Waals surface area contributed by atoms with Gasteiger partial charge in [0.25, 0.3) is 0 Å². The summed E-state index contributed by atoms with van der Waals surface area (Å²) in [5, 5.41) is 13.6. The Bertz CT molecular complexity index is 994. The van der Waals surface area contributed by atoms with Crippen LogP contribution in [0.25, 0.3) is 10.9 Å². The molecule has 1 aromatic carbocycles. The summed E-state index contributed by atoms with van der Waals surface area (Å²) < 4.78 is 6.74. The Morgan fingerprint density at radius 1 is 1.31 bits per heavy atom. The molecular weight excluding hydrogens is 366 g/mol. The molecule has 2 aromatic heterocycles. The highest BCUT2D eigenvalue weighted by atomic mass is 32.2. The van der Waals surface area contributed by atoms with Crippen LogP contribution in [-0.2, 0) is 4.74 Å². The minimum Gasteiger partial charge on any atom is -0.390 e. The normalized spacial score (nSPS) is 23.4. The standard InChI is InChI=1S/C20H21NO3S2/c1-11-14-3-6-18(22)21-16(14)4-5-17(11)26-19-9-13(10-25-19)15-7-8-24-12(2)20(15)23/h3-6,9-10,12,15,20,23H,7-8H2,1-2H3,(H,21,22). The molecule has 26 heavy (non-hydrogen) atoms. The van der Waals surface area contributed by atoms with Gasteiger partial charge in [-0.05, 0) is 61.0 Å². The van der Waals surface area contributed by atoms with Crippen LogP contribution in [0.1, 0.15) is 30.4 Å². The van der Waals surface area contributed by atoms with E-state index in [-0.39, 0.29) is 17.6 Å². The Labute approximate surface area is 160 Å². The molecule has 1 fully saturated rings. The van der Waals surface area contributed by atoms with Crippen LogP contribution in [0, 0.1) is 6.92 Å². The molecule has 0 aliphatic carbocycles. The number of nitrogens with one attached hydrogen (secondary N) is 1. The zero-order valence-corrected chi connectivity index (χ0v) is 16.3. The lowest BCUT2D eigenvalue weighted by Gasteiger charge is -2.32. The number of hydrogen-bond acceptors (Lipinski definition) is 5. The van der Waals surface area contributed by atoms with Crippen LogP contribution in [0.15, 0.2) is 49.6 Å². The number of aliphatic hydroxyl groups excluding tert-OH is 1. The van der Waals surface area contributed by atoms with Gasteiger partial charge in [-0.2, -0.15) is 0 Å². The first kappa shape index (κ1) is 17.8. The Kier molecular flexibility index (Phi) is 4.92. The van der Waals surface area contributed by atoms with Crippen molar-refractivity contribution in [3.05, 3.63) is 57.2 Å². The third-order valence-electron chi connectivity index (χ3n) is 5.06. The Morgan fingerprint density at radius 3 is 3.00 bits per heavy atom. The minimum atomic E-state index is -0.449. The van der Waals surface area contributed by atoms with E-state index < -0.39 is 6.10 Å². The third kappa shape index (κ3) is 3.34. The predicted octanol–water partition coefficient (Wildman–Crippen LogP) is 4.30. The van der Waals surface area contributed by atoms with Crippen molar-refractivity contribution in [2.45, 2.75) is 47.5 Å². The fraction of sp³-hybridized carbons (Fsp3) is 0.350. The van der Waals surface area contributed by atoms with Crippen LogP contribution in [0.5, 0.6) is 0 Å². The number of rotatable bonds is 3. The molecule has 4 rings (SSSR count). The summed E-state index contributed by atoms with van der Waals surface area (Å²) in [6.45, 7) is 4.71. The molecule has 0 bridgehead atoms.